The van der Waals surface area contributed by atoms with E-state index in [9.17, 15) is 28.9 Å². The fourth-order valence-electron chi connectivity index (χ4n) is 7.18. The van der Waals surface area contributed by atoms with Crippen molar-refractivity contribution in [1.29, 1.82) is 0 Å². The standard InChI is InChI=1S/C48H93O11P/c1-4-7-10-13-16-19-22-25-28-31-34-37-46(50)55-41-45(59-48(52)39-36-33-30-27-24-21-18-15-12-9-6-3)43-57-60(53,54)56-42-44(40-49)58-47(51)38-35-32-29-26-23-20-17-14-11-8-5-2/h44-45,49H,4-43H2,1-3H3,(H,53,54). The predicted molar refractivity (Wildman–Crippen MR) is 243 cm³/mol. The average Bonchev–Trinajstić information content (AvgIpc) is 3.23. The van der Waals surface area contributed by atoms with E-state index >= 15 is 0 Å². The molecule has 0 heterocycles. The van der Waals surface area contributed by atoms with E-state index in [0.29, 0.717) is 19.3 Å². The Morgan fingerprint density at radius 1 is 0.400 bits per heavy atom. The van der Waals surface area contributed by atoms with Gasteiger partial charge in [-0.2, -0.15) is 0 Å². The Balaban J connectivity index is 4.69. The molecular formula is C48H93O11P. The van der Waals surface area contributed by atoms with Crippen molar-refractivity contribution in [3.05, 3.63) is 0 Å². The molecule has 0 aromatic heterocycles. The second-order valence-electron chi connectivity index (χ2n) is 17.0. The fourth-order valence-corrected chi connectivity index (χ4v) is 7.96. The Morgan fingerprint density at radius 2 is 0.667 bits per heavy atom. The number of aliphatic hydroxyl groups is 1. The highest BCUT2D eigenvalue weighted by atomic mass is 31.2. The molecule has 0 rings (SSSR count). The van der Waals surface area contributed by atoms with Crippen LogP contribution in [-0.4, -0.2) is 66.5 Å². The molecule has 0 aromatic carbocycles. The van der Waals surface area contributed by atoms with Gasteiger partial charge in [0.2, 0.25) is 0 Å². The number of phosphoric acid groups is 1. The third-order valence-corrected chi connectivity index (χ3v) is 12.0. The maximum Gasteiger partial charge on any atom is 0.472 e. The molecule has 0 aliphatic heterocycles. The number of carbonyl (C=O) groups excluding carboxylic acids is 3. The van der Waals surface area contributed by atoms with E-state index in [4.69, 9.17) is 23.3 Å². The van der Waals surface area contributed by atoms with E-state index in [1.807, 2.05) is 0 Å². The quantitative estimate of drug-likeness (QED) is 0.0260. The summed E-state index contributed by atoms with van der Waals surface area (Å²) in [7, 11) is -4.72. The molecule has 0 aliphatic rings. The van der Waals surface area contributed by atoms with Crippen LogP contribution in [0.4, 0.5) is 0 Å². The number of aliphatic hydroxyl groups excluding tert-OH is 1. The molecule has 0 radical (unpaired) electrons. The number of hydrogen-bond donors (Lipinski definition) is 2. The van der Waals surface area contributed by atoms with Gasteiger partial charge in [-0.05, 0) is 19.3 Å². The molecule has 0 fully saturated rings. The molecule has 0 aliphatic carbocycles. The topological polar surface area (TPSA) is 155 Å². The van der Waals surface area contributed by atoms with Crippen molar-refractivity contribution in [2.45, 2.75) is 264 Å². The van der Waals surface area contributed by atoms with Crippen molar-refractivity contribution in [2.24, 2.45) is 0 Å². The van der Waals surface area contributed by atoms with Crippen LogP contribution < -0.4 is 0 Å². The number of rotatable bonds is 47. The van der Waals surface area contributed by atoms with Crippen molar-refractivity contribution in [3.63, 3.8) is 0 Å². The first-order valence-electron chi connectivity index (χ1n) is 24.9. The lowest BCUT2D eigenvalue weighted by molar-refractivity contribution is -0.161. The maximum absolute atomic E-state index is 12.8. The first-order chi connectivity index (χ1) is 29.2. The van der Waals surface area contributed by atoms with Crippen molar-refractivity contribution < 1.29 is 52.2 Å². The summed E-state index contributed by atoms with van der Waals surface area (Å²) in [6.07, 6.45) is 36.5. The Hall–Kier alpha value is -1.52. The molecule has 0 amide bonds. The monoisotopic (exact) mass is 877 g/mol. The minimum Gasteiger partial charge on any atom is -0.462 e. The van der Waals surface area contributed by atoms with Crippen LogP contribution in [-0.2, 0) is 42.2 Å². The molecule has 12 heteroatoms. The second kappa shape index (κ2) is 44.1. The lowest BCUT2D eigenvalue weighted by Crippen LogP contribution is -2.30. The van der Waals surface area contributed by atoms with Crippen LogP contribution in [0.3, 0.4) is 0 Å². The van der Waals surface area contributed by atoms with Gasteiger partial charge in [-0.1, -0.05) is 213 Å². The number of unbranched alkanes of at least 4 members (excludes halogenated alkanes) is 30. The first-order valence-corrected chi connectivity index (χ1v) is 26.4. The van der Waals surface area contributed by atoms with Crippen molar-refractivity contribution in [2.75, 3.05) is 26.4 Å². The number of carbonyl (C=O) groups is 3. The third-order valence-electron chi connectivity index (χ3n) is 11.0. The van der Waals surface area contributed by atoms with Crippen LogP contribution >= 0.6 is 7.82 Å². The van der Waals surface area contributed by atoms with Crippen molar-refractivity contribution in [1.82, 2.24) is 0 Å². The van der Waals surface area contributed by atoms with Crippen molar-refractivity contribution >= 4 is 25.7 Å². The van der Waals surface area contributed by atoms with Crippen LogP contribution in [0.1, 0.15) is 252 Å². The number of esters is 3. The fraction of sp³-hybridized carbons (Fsp3) is 0.938. The zero-order chi connectivity index (χ0) is 44.2. The van der Waals surface area contributed by atoms with E-state index in [1.165, 1.54) is 135 Å². The smallest absolute Gasteiger partial charge is 0.462 e. The maximum atomic E-state index is 12.8. The zero-order valence-corrected chi connectivity index (χ0v) is 39.8. The van der Waals surface area contributed by atoms with Crippen LogP contribution in [0.15, 0.2) is 0 Å². The molecule has 0 saturated carbocycles. The Kier molecular flexibility index (Phi) is 43.0. The Labute approximate surface area is 367 Å². The summed E-state index contributed by atoms with van der Waals surface area (Å²) in [4.78, 5) is 48.1. The molecule has 3 unspecified atom stereocenters. The summed E-state index contributed by atoms with van der Waals surface area (Å²) in [6, 6.07) is 0. The van der Waals surface area contributed by atoms with Gasteiger partial charge in [0.1, 0.15) is 12.7 Å². The molecule has 0 saturated heterocycles. The molecule has 3 atom stereocenters. The number of hydrogen-bond acceptors (Lipinski definition) is 10. The van der Waals surface area contributed by atoms with Crippen LogP contribution in [0, 0.1) is 0 Å². The van der Waals surface area contributed by atoms with Gasteiger partial charge in [-0.3, -0.25) is 23.4 Å². The minimum atomic E-state index is -4.72. The van der Waals surface area contributed by atoms with Crippen LogP contribution in [0.5, 0.6) is 0 Å². The second-order valence-corrected chi connectivity index (χ2v) is 18.5. The molecule has 11 nitrogen and oxygen atoms in total. The van der Waals surface area contributed by atoms with Gasteiger partial charge in [0.25, 0.3) is 0 Å². The van der Waals surface area contributed by atoms with Gasteiger partial charge in [0.15, 0.2) is 6.10 Å². The molecule has 0 spiro atoms. The molecule has 60 heavy (non-hydrogen) atoms. The minimum absolute atomic E-state index is 0.177. The highest BCUT2D eigenvalue weighted by Crippen LogP contribution is 2.43. The van der Waals surface area contributed by atoms with Gasteiger partial charge in [-0.15, -0.1) is 0 Å². The van der Waals surface area contributed by atoms with E-state index in [2.05, 4.69) is 20.8 Å². The van der Waals surface area contributed by atoms with Crippen molar-refractivity contribution in [3.8, 4) is 0 Å². The van der Waals surface area contributed by atoms with E-state index < -0.39 is 57.8 Å². The van der Waals surface area contributed by atoms with Gasteiger partial charge in [-0.25, -0.2) is 4.57 Å². The average molecular weight is 877 g/mol. The van der Waals surface area contributed by atoms with Gasteiger partial charge in [0.05, 0.1) is 19.8 Å². The molecule has 0 aromatic rings. The Bertz CT molecular complexity index is 1030. The van der Waals surface area contributed by atoms with Gasteiger partial charge >= 0.3 is 25.7 Å². The lowest BCUT2D eigenvalue weighted by atomic mass is 10.1. The van der Waals surface area contributed by atoms with E-state index in [0.717, 1.165) is 57.8 Å². The zero-order valence-electron chi connectivity index (χ0n) is 39.0. The molecular weight excluding hydrogens is 783 g/mol. The highest BCUT2D eigenvalue weighted by molar-refractivity contribution is 7.47. The largest absolute Gasteiger partial charge is 0.472 e. The third kappa shape index (κ3) is 41.8. The van der Waals surface area contributed by atoms with Gasteiger partial charge < -0.3 is 24.2 Å². The molecule has 2 N–H and O–H groups in total. The number of ether oxygens (including phenoxy) is 3. The van der Waals surface area contributed by atoms with E-state index in [1.54, 1.807) is 0 Å². The highest BCUT2D eigenvalue weighted by Gasteiger charge is 2.28. The SMILES string of the molecule is CCCCCCCCCCCCCC(=O)OCC(COP(=O)(O)OCC(CO)OC(=O)CCCCCCCCCCCCC)OC(=O)CCCCCCCCCCCCC. The number of phosphoric ester groups is 1. The summed E-state index contributed by atoms with van der Waals surface area (Å²) >= 11 is 0. The normalized spacial score (nSPS) is 13.5. The Morgan fingerprint density at radius 3 is 0.983 bits per heavy atom. The summed E-state index contributed by atoms with van der Waals surface area (Å²) in [5, 5.41) is 9.73. The predicted octanol–water partition coefficient (Wildman–Crippen LogP) is 13.6. The van der Waals surface area contributed by atoms with Crippen LogP contribution in [0.25, 0.3) is 0 Å². The van der Waals surface area contributed by atoms with Gasteiger partial charge in [0, 0.05) is 19.3 Å². The summed E-state index contributed by atoms with van der Waals surface area (Å²) in [5.74, 6) is -1.44. The summed E-state index contributed by atoms with van der Waals surface area (Å²) < 4.78 is 39.2. The molecule has 0 bridgehead atoms. The summed E-state index contributed by atoms with van der Waals surface area (Å²) in [6.45, 7) is 4.64. The van der Waals surface area contributed by atoms with E-state index in [-0.39, 0.29) is 25.9 Å². The lowest BCUT2D eigenvalue weighted by Gasteiger charge is -2.21. The molecule has 356 valence electrons. The van der Waals surface area contributed by atoms with Crippen LogP contribution in [0.2, 0.25) is 0 Å². The summed E-state index contributed by atoms with van der Waals surface area (Å²) in [5.41, 5.74) is 0. The first kappa shape index (κ1) is 58.5.